The molecule has 0 aliphatic carbocycles. The van der Waals surface area contributed by atoms with Crippen molar-refractivity contribution in [1.82, 2.24) is 0 Å². The lowest BCUT2D eigenvalue weighted by Crippen LogP contribution is -2.37. The van der Waals surface area contributed by atoms with E-state index in [0.717, 1.165) is 40.8 Å². The van der Waals surface area contributed by atoms with E-state index in [0.29, 0.717) is 0 Å². The number of benzene rings is 2. The van der Waals surface area contributed by atoms with Gasteiger partial charge in [-0.25, -0.2) is 0 Å². The van der Waals surface area contributed by atoms with E-state index >= 15 is 0 Å². The maximum atomic E-state index is 6.48. The van der Waals surface area contributed by atoms with Gasteiger partial charge in [0, 0.05) is 17.0 Å². The fraction of sp³-hybridized carbons (Fsp3) is 0.375. The van der Waals surface area contributed by atoms with Gasteiger partial charge < -0.3 is 10.5 Å². The SMILES string of the molecule is CC1(C(N)c2ccc(Cl)c3ccccc23)CCCO1. The minimum atomic E-state index is -0.267. The molecule has 1 heterocycles. The molecule has 1 aliphatic rings. The molecule has 0 saturated carbocycles. The molecule has 0 radical (unpaired) electrons. The first-order chi connectivity index (χ1) is 9.12. The molecular weight excluding hydrogens is 258 g/mol. The van der Waals surface area contributed by atoms with E-state index in [9.17, 15) is 0 Å². The Hall–Kier alpha value is -1.09. The lowest BCUT2D eigenvalue weighted by atomic mass is 9.86. The molecule has 3 rings (SSSR count). The smallest absolute Gasteiger partial charge is 0.0847 e. The Morgan fingerprint density at radius 1 is 1.21 bits per heavy atom. The topological polar surface area (TPSA) is 35.2 Å². The number of hydrogen-bond donors (Lipinski definition) is 1. The van der Waals surface area contributed by atoms with Crippen LogP contribution < -0.4 is 5.73 Å². The maximum absolute atomic E-state index is 6.48. The van der Waals surface area contributed by atoms with Gasteiger partial charge in [0.1, 0.15) is 0 Å². The Kier molecular flexibility index (Phi) is 3.25. The third-order valence-corrected chi connectivity index (χ3v) is 4.48. The summed E-state index contributed by atoms with van der Waals surface area (Å²) in [6.45, 7) is 2.91. The van der Waals surface area contributed by atoms with Crippen molar-refractivity contribution < 1.29 is 4.74 Å². The van der Waals surface area contributed by atoms with Crippen molar-refractivity contribution in [3.63, 3.8) is 0 Å². The molecule has 100 valence electrons. The summed E-state index contributed by atoms with van der Waals surface area (Å²) in [5.74, 6) is 0. The molecule has 2 unspecified atom stereocenters. The van der Waals surface area contributed by atoms with Crippen LogP contribution in [0.25, 0.3) is 10.8 Å². The van der Waals surface area contributed by atoms with Crippen LogP contribution in [0, 0.1) is 0 Å². The summed E-state index contributed by atoms with van der Waals surface area (Å²) in [5.41, 5.74) is 7.33. The summed E-state index contributed by atoms with van der Waals surface area (Å²) in [6, 6.07) is 12.0. The zero-order valence-electron chi connectivity index (χ0n) is 11.0. The van der Waals surface area contributed by atoms with Crippen molar-refractivity contribution in [2.24, 2.45) is 5.73 Å². The zero-order chi connectivity index (χ0) is 13.5. The van der Waals surface area contributed by atoms with E-state index in [1.165, 1.54) is 0 Å². The van der Waals surface area contributed by atoms with Crippen molar-refractivity contribution in [3.8, 4) is 0 Å². The van der Waals surface area contributed by atoms with E-state index in [1.807, 2.05) is 30.3 Å². The number of fused-ring (bicyclic) bond motifs is 1. The first-order valence-corrected chi connectivity index (χ1v) is 7.06. The highest BCUT2D eigenvalue weighted by Gasteiger charge is 2.37. The van der Waals surface area contributed by atoms with Crippen molar-refractivity contribution in [3.05, 3.63) is 47.0 Å². The van der Waals surface area contributed by atoms with E-state index in [-0.39, 0.29) is 11.6 Å². The number of rotatable bonds is 2. The molecular formula is C16H18ClNO. The highest BCUT2D eigenvalue weighted by Crippen LogP contribution is 2.39. The largest absolute Gasteiger partial charge is 0.373 e. The standard InChI is InChI=1S/C16H18ClNO/c1-16(9-4-10-19-16)15(18)13-7-8-14(17)12-6-3-2-5-11(12)13/h2-3,5-8,15H,4,9-10,18H2,1H3. The van der Waals surface area contributed by atoms with Crippen LogP contribution in [0.15, 0.2) is 36.4 Å². The average molecular weight is 276 g/mol. The lowest BCUT2D eigenvalue weighted by Gasteiger charge is -2.31. The second-order valence-corrected chi connectivity index (χ2v) is 5.83. The Morgan fingerprint density at radius 3 is 2.63 bits per heavy atom. The number of nitrogens with two attached hydrogens (primary N) is 1. The van der Waals surface area contributed by atoms with E-state index < -0.39 is 0 Å². The van der Waals surface area contributed by atoms with Crippen LogP contribution in [-0.4, -0.2) is 12.2 Å². The molecule has 3 heteroatoms. The van der Waals surface area contributed by atoms with Gasteiger partial charge in [0.25, 0.3) is 0 Å². The first-order valence-electron chi connectivity index (χ1n) is 6.68. The second kappa shape index (κ2) is 4.78. The molecule has 0 bridgehead atoms. The summed E-state index contributed by atoms with van der Waals surface area (Å²) in [7, 11) is 0. The summed E-state index contributed by atoms with van der Waals surface area (Å²) in [4.78, 5) is 0. The van der Waals surface area contributed by atoms with Crippen LogP contribution in [0.2, 0.25) is 5.02 Å². The van der Waals surface area contributed by atoms with Crippen LogP contribution >= 0.6 is 11.6 Å². The van der Waals surface area contributed by atoms with Crippen molar-refractivity contribution in [2.75, 3.05) is 6.61 Å². The summed E-state index contributed by atoms with van der Waals surface area (Å²) in [6.07, 6.45) is 2.08. The third-order valence-electron chi connectivity index (χ3n) is 4.15. The van der Waals surface area contributed by atoms with E-state index in [1.54, 1.807) is 0 Å². The monoisotopic (exact) mass is 275 g/mol. The van der Waals surface area contributed by atoms with E-state index in [4.69, 9.17) is 22.1 Å². The van der Waals surface area contributed by atoms with Gasteiger partial charge in [-0.05, 0) is 36.8 Å². The maximum Gasteiger partial charge on any atom is 0.0847 e. The lowest BCUT2D eigenvalue weighted by molar-refractivity contribution is -0.00138. The van der Waals surface area contributed by atoms with Crippen molar-refractivity contribution >= 4 is 22.4 Å². The van der Waals surface area contributed by atoms with Crippen LogP contribution in [0.4, 0.5) is 0 Å². The molecule has 1 fully saturated rings. The van der Waals surface area contributed by atoms with Gasteiger partial charge in [0.15, 0.2) is 0 Å². The minimum Gasteiger partial charge on any atom is -0.373 e. The van der Waals surface area contributed by atoms with Gasteiger partial charge in [-0.2, -0.15) is 0 Å². The molecule has 1 aliphatic heterocycles. The molecule has 2 aromatic rings. The van der Waals surface area contributed by atoms with Gasteiger partial charge >= 0.3 is 0 Å². The van der Waals surface area contributed by atoms with Crippen molar-refractivity contribution in [1.29, 1.82) is 0 Å². The van der Waals surface area contributed by atoms with Gasteiger partial charge in [0.05, 0.1) is 11.6 Å². The average Bonchev–Trinajstić information content (AvgIpc) is 2.87. The first kappa shape index (κ1) is 12.9. The number of hydrogen-bond acceptors (Lipinski definition) is 2. The third kappa shape index (κ3) is 2.14. The Labute approximate surface area is 118 Å². The van der Waals surface area contributed by atoms with Gasteiger partial charge in [-0.1, -0.05) is 41.9 Å². The highest BCUT2D eigenvalue weighted by molar-refractivity contribution is 6.35. The molecule has 0 aromatic heterocycles. The molecule has 19 heavy (non-hydrogen) atoms. The minimum absolute atomic E-state index is 0.128. The van der Waals surface area contributed by atoms with Crippen LogP contribution in [0.3, 0.4) is 0 Å². The fourth-order valence-electron chi connectivity index (χ4n) is 2.93. The number of halogens is 1. The Morgan fingerprint density at radius 2 is 1.95 bits per heavy atom. The summed E-state index contributed by atoms with van der Waals surface area (Å²) in [5, 5.41) is 2.95. The zero-order valence-corrected chi connectivity index (χ0v) is 11.8. The molecule has 1 saturated heterocycles. The Bertz CT molecular complexity index is 605. The fourth-order valence-corrected chi connectivity index (χ4v) is 3.16. The molecule has 0 amide bonds. The van der Waals surface area contributed by atoms with Gasteiger partial charge in [0.2, 0.25) is 0 Å². The van der Waals surface area contributed by atoms with Crippen LogP contribution in [0.1, 0.15) is 31.4 Å². The van der Waals surface area contributed by atoms with E-state index in [2.05, 4.69) is 13.0 Å². The van der Waals surface area contributed by atoms with Crippen molar-refractivity contribution in [2.45, 2.75) is 31.4 Å². The summed E-state index contributed by atoms with van der Waals surface area (Å²) < 4.78 is 5.88. The van der Waals surface area contributed by atoms with Crippen LogP contribution in [0.5, 0.6) is 0 Å². The summed E-state index contributed by atoms with van der Waals surface area (Å²) >= 11 is 6.26. The Balaban J connectivity index is 2.12. The molecule has 0 spiro atoms. The van der Waals surface area contributed by atoms with Crippen LogP contribution in [-0.2, 0) is 4.74 Å². The second-order valence-electron chi connectivity index (χ2n) is 5.42. The predicted octanol–water partition coefficient (Wildman–Crippen LogP) is 4.06. The molecule has 2 N–H and O–H groups in total. The molecule has 2 nitrogen and oxygen atoms in total. The predicted molar refractivity (Wildman–Crippen MR) is 79.5 cm³/mol. The van der Waals surface area contributed by atoms with Gasteiger partial charge in [-0.15, -0.1) is 0 Å². The highest BCUT2D eigenvalue weighted by atomic mass is 35.5. The number of ether oxygens (including phenoxy) is 1. The molecule has 2 aromatic carbocycles. The van der Waals surface area contributed by atoms with Gasteiger partial charge in [-0.3, -0.25) is 0 Å². The molecule has 2 atom stereocenters. The normalized spacial score (nSPS) is 24.8. The quantitative estimate of drug-likeness (QED) is 0.897.